The molecule has 0 radical (unpaired) electrons. The van der Waals surface area contributed by atoms with Crippen LogP contribution < -0.4 is 10.6 Å². The third-order valence-corrected chi connectivity index (χ3v) is 3.88. The molecule has 2 rings (SSSR count). The molecule has 2 N–H and O–H groups in total. The second kappa shape index (κ2) is 4.67. The highest BCUT2D eigenvalue weighted by atomic mass is 15.3. The Labute approximate surface area is 104 Å². The molecule has 1 saturated heterocycles. The van der Waals surface area contributed by atoms with Gasteiger partial charge >= 0.3 is 0 Å². The van der Waals surface area contributed by atoms with Crippen molar-refractivity contribution in [2.45, 2.75) is 25.4 Å². The molecule has 1 heterocycles. The molecule has 1 aliphatic heterocycles. The fourth-order valence-electron chi connectivity index (χ4n) is 2.45. The number of hydrogen-bond donors (Lipinski definition) is 1. The van der Waals surface area contributed by atoms with Crippen LogP contribution in [0.3, 0.4) is 0 Å². The first-order chi connectivity index (χ1) is 8.04. The van der Waals surface area contributed by atoms with E-state index in [0.717, 1.165) is 13.1 Å². The van der Waals surface area contributed by atoms with Gasteiger partial charge < -0.3 is 10.6 Å². The minimum absolute atomic E-state index is 0.196. The number of anilines is 1. The van der Waals surface area contributed by atoms with Crippen molar-refractivity contribution in [1.29, 1.82) is 0 Å². The molecular weight excluding hydrogens is 210 g/mol. The molecule has 3 nitrogen and oxygen atoms in total. The summed E-state index contributed by atoms with van der Waals surface area (Å²) < 4.78 is 0. The number of nitrogens with two attached hydrogens (primary N) is 1. The Hall–Kier alpha value is -1.06. The van der Waals surface area contributed by atoms with Crippen LogP contribution in [-0.2, 0) is 0 Å². The first-order valence-electron chi connectivity index (χ1n) is 6.27. The highest BCUT2D eigenvalue weighted by Crippen LogP contribution is 2.27. The van der Waals surface area contributed by atoms with Crippen LogP contribution in [0.2, 0.25) is 0 Å². The molecule has 0 spiro atoms. The van der Waals surface area contributed by atoms with Gasteiger partial charge in [-0.2, -0.15) is 0 Å². The quantitative estimate of drug-likeness (QED) is 0.841. The van der Waals surface area contributed by atoms with Crippen molar-refractivity contribution in [1.82, 2.24) is 4.90 Å². The maximum atomic E-state index is 5.91. The third-order valence-electron chi connectivity index (χ3n) is 3.88. The molecule has 0 bridgehead atoms. The fourth-order valence-corrected chi connectivity index (χ4v) is 2.45. The third kappa shape index (κ3) is 2.45. The Bertz CT molecular complexity index is 361. The maximum absolute atomic E-state index is 5.91. The van der Waals surface area contributed by atoms with E-state index in [9.17, 15) is 0 Å². The van der Waals surface area contributed by atoms with E-state index in [1.807, 2.05) is 0 Å². The Kier molecular flexibility index (Phi) is 3.40. The first kappa shape index (κ1) is 12.4. The number of rotatable bonds is 2. The largest absolute Gasteiger partial charge is 0.364 e. The zero-order chi connectivity index (χ0) is 12.5. The topological polar surface area (TPSA) is 32.5 Å². The van der Waals surface area contributed by atoms with Crippen LogP contribution in [0.25, 0.3) is 0 Å². The summed E-state index contributed by atoms with van der Waals surface area (Å²) in [6, 6.07) is 11.0. The molecule has 0 amide bonds. The van der Waals surface area contributed by atoms with Crippen LogP contribution in [0.4, 0.5) is 5.69 Å². The van der Waals surface area contributed by atoms with Gasteiger partial charge in [-0.25, -0.2) is 0 Å². The summed E-state index contributed by atoms with van der Waals surface area (Å²) >= 11 is 0. The molecule has 0 aliphatic carbocycles. The lowest BCUT2D eigenvalue weighted by Crippen LogP contribution is -2.64. The first-order valence-corrected chi connectivity index (χ1v) is 6.27. The van der Waals surface area contributed by atoms with E-state index in [1.54, 1.807) is 0 Å². The predicted octanol–water partition coefficient (Wildman–Crippen LogP) is 1.54. The summed E-state index contributed by atoms with van der Waals surface area (Å²) in [4.78, 5) is 4.85. The number of benzene rings is 1. The molecule has 1 fully saturated rings. The molecular formula is C14H23N3. The Morgan fingerprint density at radius 1 is 1.29 bits per heavy atom. The van der Waals surface area contributed by atoms with Crippen molar-refractivity contribution in [2.24, 2.45) is 5.73 Å². The van der Waals surface area contributed by atoms with Gasteiger partial charge in [0.25, 0.3) is 0 Å². The summed E-state index contributed by atoms with van der Waals surface area (Å²) in [6.07, 6.45) is 0. The zero-order valence-corrected chi connectivity index (χ0v) is 11.1. The van der Waals surface area contributed by atoms with Gasteiger partial charge in [-0.3, -0.25) is 4.90 Å². The van der Waals surface area contributed by atoms with Gasteiger partial charge in [0, 0.05) is 30.9 Å². The van der Waals surface area contributed by atoms with Crippen LogP contribution >= 0.6 is 0 Å². The van der Waals surface area contributed by atoms with E-state index >= 15 is 0 Å². The maximum Gasteiger partial charge on any atom is 0.0540 e. The molecule has 0 saturated carbocycles. The van der Waals surface area contributed by atoms with Gasteiger partial charge in [-0.15, -0.1) is 0 Å². The van der Waals surface area contributed by atoms with Crippen molar-refractivity contribution in [3.05, 3.63) is 30.3 Å². The van der Waals surface area contributed by atoms with E-state index in [1.165, 1.54) is 5.69 Å². The zero-order valence-electron chi connectivity index (χ0n) is 11.1. The predicted molar refractivity (Wildman–Crippen MR) is 73.3 cm³/mol. The van der Waals surface area contributed by atoms with Crippen LogP contribution in [0.1, 0.15) is 13.8 Å². The Morgan fingerprint density at radius 3 is 2.53 bits per heavy atom. The van der Waals surface area contributed by atoms with Gasteiger partial charge in [0.1, 0.15) is 0 Å². The number of piperazine rings is 1. The number of nitrogens with zero attached hydrogens (tertiary/aromatic N) is 2. The van der Waals surface area contributed by atoms with E-state index in [2.05, 4.69) is 61.0 Å². The Morgan fingerprint density at radius 2 is 1.94 bits per heavy atom. The van der Waals surface area contributed by atoms with E-state index in [0.29, 0.717) is 12.6 Å². The molecule has 1 aliphatic rings. The molecule has 3 heteroatoms. The number of hydrogen-bond acceptors (Lipinski definition) is 3. The molecule has 1 unspecified atom stereocenters. The van der Waals surface area contributed by atoms with E-state index in [-0.39, 0.29) is 5.54 Å². The van der Waals surface area contributed by atoms with Crippen molar-refractivity contribution in [3.8, 4) is 0 Å². The van der Waals surface area contributed by atoms with Crippen LogP contribution in [-0.4, -0.2) is 43.2 Å². The summed E-state index contributed by atoms with van der Waals surface area (Å²) in [7, 11) is 2.19. The summed E-state index contributed by atoms with van der Waals surface area (Å²) in [5.41, 5.74) is 7.39. The van der Waals surface area contributed by atoms with Crippen LogP contribution in [0, 0.1) is 0 Å². The van der Waals surface area contributed by atoms with Crippen molar-refractivity contribution in [2.75, 3.05) is 31.6 Å². The minimum atomic E-state index is 0.196. The second-order valence-electron chi connectivity index (χ2n) is 5.55. The number of para-hydroxylation sites is 1. The van der Waals surface area contributed by atoms with Gasteiger partial charge in [0.15, 0.2) is 0 Å². The average molecular weight is 233 g/mol. The molecule has 0 aromatic heterocycles. The van der Waals surface area contributed by atoms with Crippen molar-refractivity contribution in [3.63, 3.8) is 0 Å². The monoisotopic (exact) mass is 233 g/mol. The van der Waals surface area contributed by atoms with Gasteiger partial charge in [0.05, 0.1) is 6.04 Å². The lowest BCUT2D eigenvalue weighted by Gasteiger charge is -2.50. The standard InChI is InChI=1S/C14H23N3/c1-14(2)11-17(12-7-5-4-6-8-12)13(9-15)10-16(14)3/h4-8,13H,9-11,15H2,1-3H3. The summed E-state index contributed by atoms with van der Waals surface area (Å²) in [5.74, 6) is 0. The fraction of sp³-hybridized carbons (Fsp3) is 0.571. The molecule has 17 heavy (non-hydrogen) atoms. The van der Waals surface area contributed by atoms with Crippen molar-refractivity contribution >= 4 is 5.69 Å². The smallest absolute Gasteiger partial charge is 0.0540 e. The highest BCUT2D eigenvalue weighted by molar-refractivity contribution is 5.48. The number of likely N-dealkylation sites (N-methyl/N-ethyl adjacent to an activating group) is 1. The second-order valence-corrected chi connectivity index (χ2v) is 5.55. The lowest BCUT2D eigenvalue weighted by molar-refractivity contribution is 0.116. The van der Waals surface area contributed by atoms with Gasteiger partial charge in [-0.1, -0.05) is 18.2 Å². The summed E-state index contributed by atoms with van der Waals surface area (Å²) in [6.45, 7) is 7.33. The van der Waals surface area contributed by atoms with Crippen LogP contribution in [0.15, 0.2) is 30.3 Å². The van der Waals surface area contributed by atoms with Crippen LogP contribution in [0.5, 0.6) is 0 Å². The van der Waals surface area contributed by atoms with Gasteiger partial charge in [0.2, 0.25) is 0 Å². The lowest BCUT2D eigenvalue weighted by atomic mass is 9.95. The molecule has 94 valence electrons. The minimum Gasteiger partial charge on any atom is -0.364 e. The molecule has 1 aromatic carbocycles. The van der Waals surface area contributed by atoms with Crippen molar-refractivity contribution < 1.29 is 0 Å². The highest BCUT2D eigenvalue weighted by Gasteiger charge is 2.36. The summed E-state index contributed by atoms with van der Waals surface area (Å²) in [5, 5.41) is 0. The normalized spacial score (nSPS) is 24.9. The SMILES string of the molecule is CN1CC(CN)N(c2ccccc2)CC1(C)C. The van der Waals surface area contributed by atoms with E-state index in [4.69, 9.17) is 5.73 Å². The molecule has 1 aromatic rings. The Balaban J connectivity index is 2.25. The van der Waals surface area contributed by atoms with Gasteiger partial charge in [-0.05, 0) is 33.0 Å². The molecule has 1 atom stereocenters. The average Bonchev–Trinajstić information content (AvgIpc) is 2.33. The van der Waals surface area contributed by atoms with E-state index < -0.39 is 0 Å².